The Bertz CT molecular complexity index is 406. The fourth-order valence-electron chi connectivity index (χ4n) is 1.62. The maximum absolute atomic E-state index is 9.80. The second-order valence-electron chi connectivity index (χ2n) is 4.94. The zero-order valence-electron chi connectivity index (χ0n) is 12.4. The minimum atomic E-state index is -0.532. The number of aryl methyl sites for hydroxylation is 1. The van der Waals surface area contributed by atoms with Crippen molar-refractivity contribution in [1.82, 2.24) is 5.32 Å². The zero-order valence-corrected chi connectivity index (χ0v) is 12.4. The molecular formula is C16H25NO3. The van der Waals surface area contributed by atoms with Crippen molar-refractivity contribution in [3.63, 3.8) is 0 Å². The lowest BCUT2D eigenvalue weighted by atomic mass is 10.2. The van der Waals surface area contributed by atoms with Gasteiger partial charge in [0.1, 0.15) is 18.5 Å². The van der Waals surface area contributed by atoms with Gasteiger partial charge in [0, 0.05) is 13.1 Å². The molecule has 4 heteroatoms. The lowest BCUT2D eigenvalue weighted by Crippen LogP contribution is -2.33. The smallest absolute Gasteiger partial charge is 0.122 e. The molecule has 2 N–H and O–H groups in total. The van der Waals surface area contributed by atoms with Gasteiger partial charge in [0.2, 0.25) is 0 Å². The highest BCUT2D eigenvalue weighted by atomic mass is 16.5. The SMILES string of the molecule is C=C(C)COCCNCC(O)COc1ccccc1C. The van der Waals surface area contributed by atoms with Gasteiger partial charge in [-0.05, 0) is 25.5 Å². The predicted octanol–water partition coefficient (Wildman–Crippen LogP) is 1.92. The molecule has 1 atom stereocenters. The zero-order chi connectivity index (χ0) is 14.8. The Hall–Kier alpha value is -1.36. The first-order valence-electron chi connectivity index (χ1n) is 6.89. The minimum absolute atomic E-state index is 0.282. The van der Waals surface area contributed by atoms with E-state index in [0.29, 0.717) is 26.3 Å². The molecule has 0 amide bonds. The van der Waals surface area contributed by atoms with Crippen molar-refractivity contribution in [2.24, 2.45) is 0 Å². The third-order valence-corrected chi connectivity index (χ3v) is 2.68. The van der Waals surface area contributed by atoms with Gasteiger partial charge in [-0.2, -0.15) is 0 Å². The van der Waals surface area contributed by atoms with Crippen LogP contribution in [0.15, 0.2) is 36.4 Å². The molecule has 1 aromatic carbocycles. The lowest BCUT2D eigenvalue weighted by Gasteiger charge is -2.14. The van der Waals surface area contributed by atoms with Crippen LogP contribution in [0.2, 0.25) is 0 Å². The summed E-state index contributed by atoms with van der Waals surface area (Å²) in [7, 11) is 0. The number of ether oxygens (including phenoxy) is 2. The van der Waals surface area contributed by atoms with Gasteiger partial charge in [-0.15, -0.1) is 0 Å². The van der Waals surface area contributed by atoms with Crippen molar-refractivity contribution in [2.45, 2.75) is 20.0 Å². The minimum Gasteiger partial charge on any atom is -0.491 e. The molecule has 0 aromatic heterocycles. The number of nitrogens with one attached hydrogen (secondary N) is 1. The molecule has 0 heterocycles. The summed E-state index contributed by atoms with van der Waals surface area (Å²) in [6.45, 7) is 10.3. The third-order valence-electron chi connectivity index (χ3n) is 2.68. The summed E-state index contributed by atoms with van der Waals surface area (Å²) in [6, 6.07) is 7.77. The average molecular weight is 279 g/mol. The summed E-state index contributed by atoms with van der Waals surface area (Å²) in [5, 5.41) is 12.9. The molecule has 1 aromatic rings. The van der Waals surface area contributed by atoms with Crippen LogP contribution >= 0.6 is 0 Å². The number of benzene rings is 1. The topological polar surface area (TPSA) is 50.7 Å². The molecule has 0 saturated heterocycles. The first-order chi connectivity index (χ1) is 9.59. The summed E-state index contributed by atoms with van der Waals surface area (Å²) < 4.78 is 10.9. The number of aliphatic hydroxyl groups is 1. The standard InChI is InChI=1S/C16H25NO3/c1-13(2)11-19-9-8-17-10-15(18)12-20-16-7-5-4-6-14(16)3/h4-7,15,17-18H,1,8-12H2,2-3H3. The van der Waals surface area contributed by atoms with E-state index in [9.17, 15) is 5.11 Å². The average Bonchev–Trinajstić information content (AvgIpc) is 2.41. The molecule has 0 aliphatic rings. The van der Waals surface area contributed by atoms with Gasteiger partial charge in [0.05, 0.1) is 13.2 Å². The highest BCUT2D eigenvalue weighted by Crippen LogP contribution is 2.16. The van der Waals surface area contributed by atoms with Gasteiger partial charge in [-0.3, -0.25) is 0 Å². The fourth-order valence-corrected chi connectivity index (χ4v) is 1.62. The Morgan fingerprint density at radius 3 is 2.85 bits per heavy atom. The molecule has 1 rings (SSSR count). The Morgan fingerprint density at radius 2 is 2.15 bits per heavy atom. The van der Waals surface area contributed by atoms with Crippen molar-refractivity contribution in [3.8, 4) is 5.75 Å². The van der Waals surface area contributed by atoms with E-state index >= 15 is 0 Å². The van der Waals surface area contributed by atoms with E-state index in [2.05, 4.69) is 11.9 Å². The summed E-state index contributed by atoms with van der Waals surface area (Å²) in [6.07, 6.45) is -0.532. The molecule has 0 aliphatic heterocycles. The van der Waals surface area contributed by atoms with Crippen LogP contribution < -0.4 is 10.1 Å². The largest absolute Gasteiger partial charge is 0.491 e. The van der Waals surface area contributed by atoms with Crippen LogP contribution in [0.1, 0.15) is 12.5 Å². The van der Waals surface area contributed by atoms with Crippen LogP contribution in [0.3, 0.4) is 0 Å². The summed E-state index contributed by atoms with van der Waals surface area (Å²) >= 11 is 0. The van der Waals surface area contributed by atoms with E-state index in [1.54, 1.807) is 0 Å². The van der Waals surface area contributed by atoms with Gasteiger partial charge >= 0.3 is 0 Å². The van der Waals surface area contributed by atoms with Gasteiger partial charge in [-0.1, -0.05) is 30.4 Å². The van der Waals surface area contributed by atoms with E-state index in [4.69, 9.17) is 9.47 Å². The highest BCUT2D eigenvalue weighted by molar-refractivity contribution is 5.31. The van der Waals surface area contributed by atoms with Gasteiger partial charge < -0.3 is 19.9 Å². The predicted molar refractivity (Wildman–Crippen MR) is 81.2 cm³/mol. The van der Waals surface area contributed by atoms with Crippen molar-refractivity contribution < 1.29 is 14.6 Å². The van der Waals surface area contributed by atoms with Crippen molar-refractivity contribution >= 4 is 0 Å². The molecule has 4 nitrogen and oxygen atoms in total. The molecule has 0 fully saturated rings. The quantitative estimate of drug-likeness (QED) is 0.507. The van der Waals surface area contributed by atoms with E-state index in [1.807, 2.05) is 38.1 Å². The second kappa shape index (κ2) is 9.53. The van der Waals surface area contributed by atoms with Crippen molar-refractivity contribution in [3.05, 3.63) is 42.0 Å². The molecule has 1 unspecified atom stereocenters. The van der Waals surface area contributed by atoms with Gasteiger partial charge in [0.15, 0.2) is 0 Å². The number of aliphatic hydroxyl groups excluding tert-OH is 1. The van der Waals surface area contributed by atoms with E-state index in [-0.39, 0.29) is 6.61 Å². The molecular weight excluding hydrogens is 254 g/mol. The van der Waals surface area contributed by atoms with E-state index < -0.39 is 6.10 Å². The molecule has 0 aliphatic carbocycles. The highest BCUT2D eigenvalue weighted by Gasteiger charge is 2.05. The monoisotopic (exact) mass is 279 g/mol. The van der Waals surface area contributed by atoms with Crippen LogP contribution in [0.5, 0.6) is 5.75 Å². The number of hydrogen-bond donors (Lipinski definition) is 2. The molecule has 20 heavy (non-hydrogen) atoms. The van der Waals surface area contributed by atoms with Crippen LogP contribution in [-0.2, 0) is 4.74 Å². The lowest BCUT2D eigenvalue weighted by molar-refractivity contribution is 0.101. The third kappa shape index (κ3) is 7.28. The summed E-state index contributed by atoms with van der Waals surface area (Å²) in [4.78, 5) is 0. The van der Waals surface area contributed by atoms with E-state index in [1.165, 1.54) is 0 Å². The van der Waals surface area contributed by atoms with Crippen molar-refractivity contribution in [1.29, 1.82) is 0 Å². The Morgan fingerprint density at radius 1 is 1.40 bits per heavy atom. The first-order valence-corrected chi connectivity index (χ1v) is 6.89. The second-order valence-corrected chi connectivity index (χ2v) is 4.94. The van der Waals surface area contributed by atoms with E-state index in [0.717, 1.165) is 16.9 Å². The maximum atomic E-state index is 9.80. The number of rotatable bonds is 10. The fraction of sp³-hybridized carbons (Fsp3) is 0.500. The molecule has 112 valence electrons. The number of hydrogen-bond acceptors (Lipinski definition) is 4. The molecule has 0 saturated carbocycles. The van der Waals surface area contributed by atoms with Crippen molar-refractivity contribution in [2.75, 3.05) is 32.9 Å². The van der Waals surface area contributed by atoms with Crippen LogP contribution in [-0.4, -0.2) is 44.1 Å². The van der Waals surface area contributed by atoms with Gasteiger partial charge in [-0.25, -0.2) is 0 Å². The Balaban J connectivity index is 2.07. The van der Waals surface area contributed by atoms with Crippen LogP contribution in [0.25, 0.3) is 0 Å². The normalized spacial score (nSPS) is 12.2. The van der Waals surface area contributed by atoms with Gasteiger partial charge in [0.25, 0.3) is 0 Å². The first kappa shape index (κ1) is 16.7. The summed E-state index contributed by atoms with van der Waals surface area (Å²) in [5.74, 6) is 0.816. The van der Waals surface area contributed by atoms with Crippen LogP contribution in [0.4, 0.5) is 0 Å². The van der Waals surface area contributed by atoms with Crippen LogP contribution in [0, 0.1) is 6.92 Å². The Labute approximate surface area is 121 Å². The summed E-state index contributed by atoms with van der Waals surface area (Å²) in [5.41, 5.74) is 2.08. The Kier molecular flexibility index (Phi) is 7.95. The number of para-hydroxylation sites is 1. The maximum Gasteiger partial charge on any atom is 0.122 e. The molecule has 0 bridgehead atoms. The molecule has 0 spiro atoms. The molecule has 0 radical (unpaired) electrons.